The van der Waals surface area contributed by atoms with Crippen molar-refractivity contribution in [3.05, 3.63) is 35.1 Å². The van der Waals surface area contributed by atoms with E-state index in [9.17, 15) is 22.8 Å². The van der Waals surface area contributed by atoms with Gasteiger partial charge in [0.25, 0.3) is 0 Å². The summed E-state index contributed by atoms with van der Waals surface area (Å²) < 4.78 is 39.2. The first kappa shape index (κ1) is 16.0. The summed E-state index contributed by atoms with van der Waals surface area (Å²) in [5, 5.41) is 17.0. The maximum atomic E-state index is 13.3. The van der Waals surface area contributed by atoms with Gasteiger partial charge in [0, 0.05) is 11.6 Å². The van der Waals surface area contributed by atoms with Gasteiger partial charge in [0.2, 0.25) is 5.91 Å². The van der Waals surface area contributed by atoms with Crippen molar-refractivity contribution in [2.75, 3.05) is 0 Å². The number of amides is 1. The van der Waals surface area contributed by atoms with Gasteiger partial charge in [-0.2, -0.15) is 5.10 Å². The van der Waals surface area contributed by atoms with Gasteiger partial charge in [0.1, 0.15) is 11.1 Å². The Morgan fingerprint density at radius 2 is 2.14 bits per heavy atom. The molecule has 1 heterocycles. The van der Waals surface area contributed by atoms with E-state index in [0.29, 0.717) is 6.07 Å². The standard InChI is InChI=1S/C12H8F3N3O3S/c13-6-1-5(10(15)7(14)2-6)4-16-18-12-17-11(21)8(22-12)3-9(19)20/h1-2,4,8H,3H2,(H,19,20)(H,17,18,21). The summed E-state index contributed by atoms with van der Waals surface area (Å²) in [6.07, 6.45) is 0.398. The SMILES string of the molecule is O=C(O)CC1SC(=NN=Cc2cc(F)cc(F)c2F)NC1=O. The molecule has 1 amide bonds. The second kappa shape index (κ2) is 6.60. The summed E-state index contributed by atoms with van der Waals surface area (Å²) in [5.41, 5.74) is -0.446. The van der Waals surface area contributed by atoms with Gasteiger partial charge in [0.05, 0.1) is 12.6 Å². The molecule has 1 aromatic rings. The molecule has 0 radical (unpaired) electrons. The summed E-state index contributed by atoms with van der Waals surface area (Å²) in [4.78, 5) is 21.9. The Kier molecular flexibility index (Phi) is 4.81. The van der Waals surface area contributed by atoms with E-state index in [1.165, 1.54) is 0 Å². The van der Waals surface area contributed by atoms with Crippen LogP contribution in [0.25, 0.3) is 0 Å². The number of rotatable bonds is 4. The molecule has 116 valence electrons. The van der Waals surface area contributed by atoms with E-state index in [4.69, 9.17) is 5.11 Å². The Morgan fingerprint density at radius 1 is 1.41 bits per heavy atom. The third-order valence-electron chi connectivity index (χ3n) is 2.50. The quantitative estimate of drug-likeness (QED) is 0.497. The van der Waals surface area contributed by atoms with Gasteiger partial charge in [-0.15, -0.1) is 5.10 Å². The number of carboxylic acid groups (broad SMARTS) is 1. The first-order valence-corrected chi connectivity index (χ1v) is 6.69. The van der Waals surface area contributed by atoms with Gasteiger partial charge in [-0.3, -0.25) is 9.59 Å². The Balaban J connectivity index is 2.09. The van der Waals surface area contributed by atoms with Crippen molar-refractivity contribution in [1.29, 1.82) is 0 Å². The van der Waals surface area contributed by atoms with E-state index < -0.39 is 40.1 Å². The predicted molar refractivity (Wildman–Crippen MR) is 73.1 cm³/mol. The molecule has 10 heteroatoms. The number of carbonyl (C=O) groups is 2. The van der Waals surface area contributed by atoms with E-state index in [1.807, 2.05) is 0 Å². The normalized spacial score (nSPS) is 19.9. The van der Waals surface area contributed by atoms with Crippen molar-refractivity contribution in [2.45, 2.75) is 11.7 Å². The third-order valence-corrected chi connectivity index (χ3v) is 3.58. The maximum Gasteiger partial charge on any atom is 0.305 e. The number of nitrogens with zero attached hydrogens (tertiary/aromatic N) is 2. The van der Waals surface area contributed by atoms with Gasteiger partial charge in [-0.05, 0) is 6.07 Å². The number of nitrogens with one attached hydrogen (secondary N) is 1. The van der Waals surface area contributed by atoms with E-state index in [0.717, 1.165) is 24.0 Å². The van der Waals surface area contributed by atoms with E-state index in [1.54, 1.807) is 0 Å². The summed E-state index contributed by atoms with van der Waals surface area (Å²) in [6.45, 7) is 0. The number of carboxylic acids is 1. The Hall–Kier alpha value is -2.36. The van der Waals surface area contributed by atoms with Crippen LogP contribution in [0.4, 0.5) is 13.2 Å². The number of hydrogen-bond donors (Lipinski definition) is 2. The van der Waals surface area contributed by atoms with Crippen LogP contribution >= 0.6 is 11.8 Å². The van der Waals surface area contributed by atoms with Crippen LogP contribution in [-0.4, -0.2) is 33.6 Å². The lowest BCUT2D eigenvalue weighted by atomic mass is 10.2. The minimum atomic E-state index is -1.36. The van der Waals surface area contributed by atoms with Crippen molar-refractivity contribution in [1.82, 2.24) is 5.32 Å². The molecular weight excluding hydrogens is 323 g/mol. The smallest absolute Gasteiger partial charge is 0.305 e. The fourth-order valence-electron chi connectivity index (χ4n) is 1.56. The highest BCUT2D eigenvalue weighted by molar-refractivity contribution is 8.15. The molecule has 0 aliphatic carbocycles. The zero-order valence-electron chi connectivity index (χ0n) is 10.7. The van der Waals surface area contributed by atoms with Crippen LogP contribution in [-0.2, 0) is 9.59 Å². The number of thioether (sulfide) groups is 1. The summed E-state index contributed by atoms with van der Waals surface area (Å²) in [7, 11) is 0. The van der Waals surface area contributed by atoms with Crippen LogP contribution in [0.15, 0.2) is 22.3 Å². The predicted octanol–water partition coefficient (Wildman–Crippen LogP) is 1.50. The topological polar surface area (TPSA) is 91.1 Å². The molecular formula is C12H8F3N3O3S. The summed E-state index contributed by atoms with van der Waals surface area (Å²) in [6, 6.07) is 1.12. The summed E-state index contributed by atoms with van der Waals surface area (Å²) in [5.74, 6) is -5.30. The highest BCUT2D eigenvalue weighted by Crippen LogP contribution is 2.22. The molecule has 1 unspecified atom stereocenters. The molecule has 0 spiro atoms. The largest absolute Gasteiger partial charge is 0.481 e. The Morgan fingerprint density at radius 3 is 2.82 bits per heavy atom. The molecule has 1 fully saturated rings. The molecule has 1 saturated heterocycles. The van der Waals surface area contributed by atoms with E-state index in [-0.39, 0.29) is 11.6 Å². The number of carbonyl (C=O) groups excluding carboxylic acids is 1. The molecule has 1 aromatic carbocycles. The molecule has 0 aromatic heterocycles. The molecule has 1 aliphatic rings. The average molecular weight is 331 g/mol. The number of aliphatic carboxylic acids is 1. The minimum Gasteiger partial charge on any atom is -0.481 e. The van der Waals surface area contributed by atoms with Crippen molar-refractivity contribution < 1.29 is 27.9 Å². The van der Waals surface area contributed by atoms with Crippen molar-refractivity contribution >= 4 is 35.0 Å². The number of halogens is 3. The van der Waals surface area contributed by atoms with Crippen LogP contribution in [0.1, 0.15) is 12.0 Å². The molecule has 22 heavy (non-hydrogen) atoms. The highest BCUT2D eigenvalue weighted by Gasteiger charge is 2.32. The maximum absolute atomic E-state index is 13.3. The third kappa shape index (κ3) is 3.85. The number of amidine groups is 1. The molecule has 2 N–H and O–H groups in total. The number of hydrogen-bond acceptors (Lipinski definition) is 5. The first-order chi connectivity index (χ1) is 10.4. The van der Waals surface area contributed by atoms with Gasteiger partial charge in [-0.1, -0.05) is 11.8 Å². The van der Waals surface area contributed by atoms with E-state index in [2.05, 4.69) is 15.5 Å². The zero-order valence-corrected chi connectivity index (χ0v) is 11.5. The van der Waals surface area contributed by atoms with Crippen molar-refractivity contribution in [3.63, 3.8) is 0 Å². The van der Waals surface area contributed by atoms with Crippen molar-refractivity contribution in [2.24, 2.45) is 10.2 Å². The van der Waals surface area contributed by atoms with Gasteiger partial charge in [0.15, 0.2) is 16.8 Å². The average Bonchev–Trinajstić information content (AvgIpc) is 2.75. The van der Waals surface area contributed by atoms with Crippen molar-refractivity contribution in [3.8, 4) is 0 Å². The molecule has 1 aliphatic heterocycles. The molecule has 2 rings (SSSR count). The second-order valence-corrected chi connectivity index (χ2v) is 5.33. The lowest BCUT2D eigenvalue weighted by Gasteiger charge is -1.98. The van der Waals surface area contributed by atoms with Crippen LogP contribution in [0.3, 0.4) is 0 Å². The van der Waals surface area contributed by atoms with Crippen LogP contribution in [0.2, 0.25) is 0 Å². The fraction of sp³-hybridized carbons (Fsp3) is 0.167. The zero-order chi connectivity index (χ0) is 16.3. The van der Waals surface area contributed by atoms with Gasteiger partial charge >= 0.3 is 5.97 Å². The first-order valence-electron chi connectivity index (χ1n) is 5.81. The Bertz CT molecular complexity index is 694. The fourth-order valence-corrected chi connectivity index (χ4v) is 2.47. The van der Waals surface area contributed by atoms with E-state index >= 15 is 0 Å². The molecule has 0 bridgehead atoms. The lowest BCUT2D eigenvalue weighted by Crippen LogP contribution is -2.26. The Labute approximate surface area is 126 Å². The lowest BCUT2D eigenvalue weighted by molar-refractivity contribution is -0.138. The van der Waals surface area contributed by atoms with Crippen LogP contribution in [0.5, 0.6) is 0 Å². The van der Waals surface area contributed by atoms with Gasteiger partial charge in [-0.25, -0.2) is 13.2 Å². The van der Waals surface area contributed by atoms with Crippen LogP contribution in [0, 0.1) is 17.5 Å². The minimum absolute atomic E-state index is 0.0183. The highest BCUT2D eigenvalue weighted by atomic mass is 32.2. The monoisotopic (exact) mass is 331 g/mol. The van der Waals surface area contributed by atoms with Crippen LogP contribution < -0.4 is 5.32 Å². The number of benzene rings is 1. The summed E-state index contributed by atoms with van der Waals surface area (Å²) >= 11 is 0.846. The molecule has 6 nitrogen and oxygen atoms in total. The molecule has 1 atom stereocenters. The van der Waals surface area contributed by atoms with Gasteiger partial charge < -0.3 is 10.4 Å². The second-order valence-electron chi connectivity index (χ2n) is 4.13. The molecule has 0 saturated carbocycles.